The predicted octanol–water partition coefficient (Wildman–Crippen LogP) is 2.70. The number of amides is 1. The molecule has 1 amide bonds. The fraction of sp³-hybridized carbons (Fsp3) is 0.333. The molecule has 2 rings (SSSR count). The Morgan fingerprint density at radius 2 is 1.77 bits per heavy atom. The van der Waals surface area contributed by atoms with Gasteiger partial charge in [0.25, 0.3) is 0 Å². The molecule has 2 aromatic carbocycles. The monoisotopic (exact) mass is 299 g/mol. The van der Waals surface area contributed by atoms with Crippen molar-refractivity contribution in [1.82, 2.24) is 5.32 Å². The molecule has 4 heteroatoms. The quantitative estimate of drug-likeness (QED) is 0.864. The second kappa shape index (κ2) is 7.07. The van der Waals surface area contributed by atoms with Gasteiger partial charge in [-0.05, 0) is 16.3 Å². The number of hydrogen-bond acceptors (Lipinski definition) is 3. The van der Waals surface area contributed by atoms with Crippen LogP contribution in [0.15, 0.2) is 42.5 Å². The van der Waals surface area contributed by atoms with Gasteiger partial charge < -0.3 is 10.1 Å². The highest BCUT2D eigenvalue weighted by molar-refractivity contribution is 5.88. The maximum absolute atomic E-state index is 12.0. The van der Waals surface area contributed by atoms with E-state index in [-0.39, 0.29) is 11.8 Å². The van der Waals surface area contributed by atoms with Crippen LogP contribution in [0.3, 0.4) is 0 Å². The third-order valence-electron chi connectivity index (χ3n) is 3.63. The minimum Gasteiger partial charge on any atom is -0.467 e. The van der Waals surface area contributed by atoms with Crippen molar-refractivity contribution in [3.05, 3.63) is 48.0 Å². The molecule has 0 spiro atoms. The number of carbonyl (C=O) groups is 2. The number of methoxy groups -OCH3 is 1. The average molecular weight is 299 g/mol. The fourth-order valence-electron chi connectivity index (χ4n) is 2.36. The van der Waals surface area contributed by atoms with Crippen molar-refractivity contribution in [1.29, 1.82) is 0 Å². The maximum atomic E-state index is 12.0. The van der Waals surface area contributed by atoms with Crippen molar-refractivity contribution in [2.45, 2.75) is 26.3 Å². The minimum atomic E-state index is -0.675. The lowest BCUT2D eigenvalue weighted by Gasteiger charge is -2.18. The molecule has 0 fully saturated rings. The van der Waals surface area contributed by atoms with E-state index in [1.807, 2.05) is 42.5 Å². The Morgan fingerprint density at radius 3 is 2.45 bits per heavy atom. The van der Waals surface area contributed by atoms with Gasteiger partial charge >= 0.3 is 5.97 Å². The van der Waals surface area contributed by atoms with Gasteiger partial charge in [-0.25, -0.2) is 4.79 Å². The Hall–Kier alpha value is -2.36. The number of esters is 1. The summed E-state index contributed by atoms with van der Waals surface area (Å²) in [4.78, 5) is 23.9. The van der Waals surface area contributed by atoms with Gasteiger partial charge in [-0.3, -0.25) is 4.79 Å². The summed E-state index contributed by atoms with van der Waals surface area (Å²) in [6.45, 7) is 3.59. The average Bonchev–Trinajstić information content (AvgIpc) is 2.53. The topological polar surface area (TPSA) is 55.4 Å². The predicted molar refractivity (Wildman–Crippen MR) is 86.4 cm³/mol. The molecule has 0 radical (unpaired) electrons. The zero-order valence-electron chi connectivity index (χ0n) is 13.1. The number of hydrogen-bond donors (Lipinski definition) is 1. The lowest BCUT2D eigenvalue weighted by atomic mass is 9.98. The van der Waals surface area contributed by atoms with Crippen LogP contribution in [0, 0.1) is 5.92 Å². The highest BCUT2D eigenvalue weighted by Crippen LogP contribution is 2.20. The number of benzene rings is 2. The standard InChI is InChI=1S/C18H21NO3/c1-12(2)17(20)19-16(18(21)22-3)11-14-9-6-8-13-7-4-5-10-15(13)14/h4-10,12,16H,11H2,1-3H3,(H,19,20)/t16-/m1/s1. The van der Waals surface area contributed by atoms with Crippen LogP contribution in [0.5, 0.6) is 0 Å². The number of rotatable bonds is 5. The van der Waals surface area contributed by atoms with E-state index in [2.05, 4.69) is 5.32 Å². The lowest BCUT2D eigenvalue weighted by molar-refractivity contribution is -0.145. The summed E-state index contributed by atoms with van der Waals surface area (Å²) < 4.78 is 4.82. The molecule has 0 aliphatic heterocycles. The Morgan fingerprint density at radius 1 is 1.09 bits per heavy atom. The van der Waals surface area contributed by atoms with Crippen LogP contribution < -0.4 is 5.32 Å². The van der Waals surface area contributed by atoms with Gasteiger partial charge in [0.05, 0.1) is 7.11 Å². The Bertz CT molecular complexity index is 674. The molecule has 22 heavy (non-hydrogen) atoms. The van der Waals surface area contributed by atoms with E-state index in [4.69, 9.17) is 4.74 Å². The SMILES string of the molecule is COC(=O)[C@@H](Cc1cccc2ccccc12)NC(=O)C(C)C. The largest absolute Gasteiger partial charge is 0.467 e. The minimum absolute atomic E-state index is 0.157. The molecule has 0 unspecified atom stereocenters. The Kier molecular flexibility index (Phi) is 5.15. The summed E-state index contributed by atoms with van der Waals surface area (Å²) in [6.07, 6.45) is 0.409. The first-order valence-corrected chi connectivity index (χ1v) is 7.37. The van der Waals surface area contributed by atoms with E-state index in [0.29, 0.717) is 6.42 Å². The van der Waals surface area contributed by atoms with Crippen molar-refractivity contribution in [2.75, 3.05) is 7.11 Å². The molecule has 0 heterocycles. The molecular weight excluding hydrogens is 278 g/mol. The fourth-order valence-corrected chi connectivity index (χ4v) is 2.36. The van der Waals surface area contributed by atoms with Crippen LogP contribution in [0.4, 0.5) is 0 Å². The first-order chi connectivity index (χ1) is 10.5. The van der Waals surface area contributed by atoms with Crippen molar-refractivity contribution in [3.8, 4) is 0 Å². The van der Waals surface area contributed by atoms with E-state index in [0.717, 1.165) is 16.3 Å². The zero-order chi connectivity index (χ0) is 16.1. The molecule has 0 bridgehead atoms. The van der Waals surface area contributed by atoms with Gasteiger partial charge in [0.15, 0.2) is 0 Å². The number of ether oxygens (including phenoxy) is 1. The molecule has 0 saturated carbocycles. The summed E-state index contributed by atoms with van der Waals surface area (Å²) in [6, 6.07) is 13.3. The van der Waals surface area contributed by atoms with Gasteiger partial charge in [-0.2, -0.15) is 0 Å². The van der Waals surface area contributed by atoms with E-state index in [1.165, 1.54) is 7.11 Å². The zero-order valence-corrected chi connectivity index (χ0v) is 13.1. The second-order valence-corrected chi connectivity index (χ2v) is 5.58. The van der Waals surface area contributed by atoms with Crippen molar-refractivity contribution >= 4 is 22.6 Å². The first kappa shape index (κ1) is 16.0. The lowest BCUT2D eigenvalue weighted by Crippen LogP contribution is -2.44. The first-order valence-electron chi connectivity index (χ1n) is 7.37. The third-order valence-corrected chi connectivity index (χ3v) is 3.63. The smallest absolute Gasteiger partial charge is 0.328 e. The Balaban J connectivity index is 2.29. The number of carbonyl (C=O) groups excluding carboxylic acids is 2. The third kappa shape index (κ3) is 3.64. The molecule has 1 atom stereocenters. The number of fused-ring (bicyclic) bond motifs is 1. The molecule has 1 N–H and O–H groups in total. The molecule has 4 nitrogen and oxygen atoms in total. The van der Waals surface area contributed by atoms with Crippen LogP contribution in [0.25, 0.3) is 10.8 Å². The molecular formula is C18H21NO3. The molecule has 0 aromatic heterocycles. The van der Waals surface area contributed by atoms with Crippen LogP contribution in [0.1, 0.15) is 19.4 Å². The van der Waals surface area contributed by atoms with Crippen LogP contribution >= 0.6 is 0 Å². The summed E-state index contributed by atoms with van der Waals surface area (Å²) >= 11 is 0. The van der Waals surface area contributed by atoms with E-state index < -0.39 is 12.0 Å². The van der Waals surface area contributed by atoms with E-state index in [1.54, 1.807) is 13.8 Å². The molecule has 116 valence electrons. The Labute approximate surface area is 130 Å². The maximum Gasteiger partial charge on any atom is 0.328 e. The van der Waals surface area contributed by atoms with Gasteiger partial charge in [0, 0.05) is 12.3 Å². The molecule has 2 aromatic rings. The van der Waals surface area contributed by atoms with Crippen LogP contribution in [-0.4, -0.2) is 25.0 Å². The van der Waals surface area contributed by atoms with Gasteiger partial charge in [-0.15, -0.1) is 0 Å². The van der Waals surface area contributed by atoms with Gasteiger partial charge in [0.1, 0.15) is 6.04 Å². The summed E-state index contributed by atoms with van der Waals surface area (Å²) in [7, 11) is 1.33. The van der Waals surface area contributed by atoms with Crippen molar-refractivity contribution in [3.63, 3.8) is 0 Å². The van der Waals surface area contributed by atoms with Crippen LogP contribution in [-0.2, 0) is 20.7 Å². The summed E-state index contributed by atoms with van der Waals surface area (Å²) in [5.74, 6) is -0.766. The van der Waals surface area contributed by atoms with E-state index >= 15 is 0 Å². The highest BCUT2D eigenvalue weighted by Gasteiger charge is 2.23. The van der Waals surface area contributed by atoms with Crippen molar-refractivity contribution < 1.29 is 14.3 Å². The van der Waals surface area contributed by atoms with E-state index in [9.17, 15) is 9.59 Å². The highest BCUT2D eigenvalue weighted by atomic mass is 16.5. The molecule has 0 aliphatic rings. The van der Waals surface area contributed by atoms with Crippen LogP contribution in [0.2, 0.25) is 0 Å². The molecule has 0 aliphatic carbocycles. The van der Waals surface area contributed by atoms with Gasteiger partial charge in [0.2, 0.25) is 5.91 Å². The number of nitrogens with one attached hydrogen (secondary N) is 1. The van der Waals surface area contributed by atoms with Crippen molar-refractivity contribution in [2.24, 2.45) is 5.92 Å². The molecule has 0 saturated heterocycles. The normalized spacial score (nSPS) is 12.2. The second-order valence-electron chi connectivity index (χ2n) is 5.58. The summed E-state index contributed by atoms with van der Waals surface area (Å²) in [5.41, 5.74) is 1.01. The summed E-state index contributed by atoms with van der Waals surface area (Å²) in [5, 5.41) is 4.96. The van der Waals surface area contributed by atoms with Gasteiger partial charge in [-0.1, -0.05) is 56.3 Å².